The molecule has 15 heavy (non-hydrogen) atoms. The van der Waals surface area contributed by atoms with Gasteiger partial charge in [-0.2, -0.15) is 0 Å². The van der Waals surface area contributed by atoms with E-state index < -0.39 is 0 Å². The Labute approximate surface area is 100 Å². The van der Waals surface area contributed by atoms with Gasteiger partial charge in [-0.05, 0) is 27.7 Å². The molecule has 0 aliphatic carbocycles. The number of hydrogen-bond acceptors (Lipinski definition) is 4. The standard InChI is InChI=1S/2C5H8O2.Cu/c2*1-4(6)3-5(2)7;/h2*3,6H,1-2H3;/b2*4-3+;. The van der Waals surface area contributed by atoms with Crippen molar-refractivity contribution in [3.8, 4) is 0 Å². The Balaban J connectivity index is -0.000000180. The van der Waals surface area contributed by atoms with E-state index in [9.17, 15) is 9.59 Å². The minimum Gasteiger partial charge on any atom is -0.512 e. The van der Waals surface area contributed by atoms with Crippen LogP contribution in [0, 0.1) is 0 Å². The zero-order valence-electron chi connectivity index (χ0n) is 9.17. The maximum Gasteiger partial charge on any atom is 0.155 e. The van der Waals surface area contributed by atoms with E-state index in [1.807, 2.05) is 0 Å². The Morgan fingerprint density at radius 1 is 0.800 bits per heavy atom. The van der Waals surface area contributed by atoms with Gasteiger partial charge in [-0.1, -0.05) is 0 Å². The Hall–Kier alpha value is -1.06. The topological polar surface area (TPSA) is 74.6 Å². The summed E-state index contributed by atoms with van der Waals surface area (Å²) >= 11 is 0. The van der Waals surface area contributed by atoms with Crippen molar-refractivity contribution in [3.63, 3.8) is 0 Å². The molecule has 0 heterocycles. The average Bonchev–Trinajstić information content (AvgIpc) is 1.79. The molecule has 0 aromatic carbocycles. The Morgan fingerprint density at radius 3 is 1.00 bits per heavy atom. The Bertz CT molecular complexity index is 231. The van der Waals surface area contributed by atoms with E-state index in [0.717, 1.165) is 0 Å². The van der Waals surface area contributed by atoms with Gasteiger partial charge in [-0.25, -0.2) is 0 Å². The fourth-order valence-corrected chi connectivity index (χ4v) is 0.588. The quantitative estimate of drug-likeness (QED) is 0.454. The molecule has 5 heteroatoms. The first-order valence-corrected chi connectivity index (χ1v) is 4.01. The summed E-state index contributed by atoms with van der Waals surface area (Å²) in [6, 6.07) is 0. The summed E-state index contributed by atoms with van der Waals surface area (Å²) in [7, 11) is 0. The largest absolute Gasteiger partial charge is 0.512 e. The normalized spacial score (nSPS) is 10.7. The number of ketones is 2. The molecule has 4 nitrogen and oxygen atoms in total. The first kappa shape index (κ1) is 19.5. The second-order valence-corrected chi connectivity index (χ2v) is 2.79. The second-order valence-electron chi connectivity index (χ2n) is 2.79. The predicted octanol–water partition coefficient (Wildman–Crippen LogP) is 2.07. The van der Waals surface area contributed by atoms with E-state index in [4.69, 9.17) is 10.2 Å². The van der Waals surface area contributed by atoms with Crippen LogP contribution in [0.1, 0.15) is 27.7 Å². The van der Waals surface area contributed by atoms with Gasteiger partial charge >= 0.3 is 0 Å². The number of rotatable bonds is 2. The van der Waals surface area contributed by atoms with Gasteiger partial charge in [-0.3, -0.25) is 9.59 Å². The van der Waals surface area contributed by atoms with Gasteiger partial charge in [0.1, 0.15) is 0 Å². The number of aliphatic hydroxyl groups is 2. The van der Waals surface area contributed by atoms with Crippen LogP contribution < -0.4 is 0 Å². The van der Waals surface area contributed by atoms with Crippen LogP contribution in [0.25, 0.3) is 0 Å². The third-order valence-electron chi connectivity index (χ3n) is 0.824. The van der Waals surface area contributed by atoms with Crippen molar-refractivity contribution in [3.05, 3.63) is 23.7 Å². The van der Waals surface area contributed by atoms with E-state index in [2.05, 4.69) is 0 Å². The molecule has 0 saturated carbocycles. The molecule has 0 atom stereocenters. The van der Waals surface area contributed by atoms with E-state index in [-0.39, 0.29) is 40.2 Å². The minimum absolute atomic E-state index is 0. The Kier molecular flexibility index (Phi) is 14.3. The molecule has 0 amide bonds. The number of allylic oxidation sites excluding steroid dienone is 4. The molecule has 0 aromatic rings. The van der Waals surface area contributed by atoms with Gasteiger partial charge in [0.05, 0.1) is 11.5 Å². The molecule has 0 aliphatic rings. The fourth-order valence-electron chi connectivity index (χ4n) is 0.588. The summed E-state index contributed by atoms with van der Waals surface area (Å²) in [6.45, 7) is 5.70. The average molecular weight is 264 g/mol. The number of hydrogen-bond donors (Lipinski definition) is 2. The molecule has 0 aromatic heterocycles. The van der Waals surface area contributed by atoms with E-state index >= 15 is 0 Å². The maximum absolute atomic E-state index is 10.0. The van der Waals surface area contributed by atoms with Gasteiger partial charge < -0.3 is 10.2 Å². The zero-order valence-corrected chi connectivity index (χ0v) is 10.1. The smallest absolute Gasteiger partial charge is 0.155 e. The van der Waals surface area contributed by atoms with Crippen LogP contribution in [0.15, 0.2) is 23.7 Å². The first-order valence-electron chi connectivity index (χ1n) is 4.01. The summed E-state index contributed by atoms with van der Waals surface area (Å²) in [5.41, 5.74) is 0. The van der Waals surface area contributed by atoms with Gasteiger partial charge in [-0.15, -0.1) is 0 Å². The molecule has 0 bridgehead atoms. The molecule has 0 saturated heterocycles. The molecule has 0 unspecified atom stereocenters. The molecular formula is C10H16CuO4. The number of carbonyl (C=O) groups is 2. The molecule has 0 spiro atoms. The van der Waals surface area contributed by atoms with Gasteiger partial charge in [0, 0.05) is 29.2 Å². The predicted molar refractivity (Wildman–Crippen MR) is 54.1 cm³/mol. The summed E-state index contributed by atoms with van der Waals surface area (Å²) in [6.07, 6.45) is 2.33. The van der Waals surface area contributed by atoms with Crippen LogP contribution in [-0.2, 0) is 26.7 Å². The zero-order chi connectivity index (χ0) is 11.7. The summed E-state index contributed by atoms with van der Waals surface area (Å²) in [4.78, 5) is 20.0. The van der Waals surface area contributed by atoms with Crippen molar-refractivity contribution >= 4 is 11.6 Å². The monoisotopic (exact) mass is 263 g/mol. The van der Waals surface area contributed by atoms with Crippen molar-refractivity contribution in [2.75, 3.05) is 0 Å². The summed E-state index contributed by atoms with van der Waals surface area (Å²) < 4.78 is 0. The maximum atomic E-state index is 10.0. The number of aliphatic hydroxyl groups excluding tert-OH is 2. The third-order valence-corrected chi connectivity index (χ3v) is 0.824. The Morgan fingerprint density at radius 2 is 1.00 bits per heavy atom. The van der Waals surface area contributed by atoms with E-state index in [1.165, 1.54) is 39.8 Å². The van der Waals surface area contributed by atoms with Crippen molar-refractivity contribution < 1.29 is 36.9 Å². The van der Waals surface area contributed by atoms with Gasteiger partial charge in [0.25, 0.3) is 0 Å². The molecule has 2 N–H and O–H groups in total. The minimum atomic E-state index is -0.125. The molecule has 1 radical (unpaired) electrons. The molecule has 91 valence electrons. The summed E-state index contributed by atoms with van der Waals surface area (Å²) in [5, 5.41) is 16.7. The fraction of sp³-hybridized carbons (Fsp3) is 0.400. The van der Waals surface area contributed by atoms with E-state index in [1.54, 1.807) is 0 Å². The van der Waals surface area contributed by atoms with Crippen molar-refractivity contribution in [2.45, 2.75) is 27.7 Å². The van der Waals surface area contributed by atoms with Crippen LogP contribution in [0.3, 0.4) is 0 Å². The van der Waals surface area contributed by atoms with Crippen LogP contribution in [0.2, 0.25) is 0 Å². The summed E-state index contributed by atoms with van der Waals surface area (Å²) in [5.74, 6) is -0.125. The van der Waals surface area contributed by atoms with Gasteiger partial charge in [0.15, 0.2) is 11.6 Å². The first-order chi connectivity index (χ1) is 6.25. The molecule has 0 rings (SSSR count). The van der Waals surface area contributed by atoms with Crippen molar-refractivity contribution in [1.29, 1.82) is 0 Å². The van der Waals surface area contributed by atoms with Crippen molar-refractivity contribution in [2.24, 2.45) is 0 Å². The number of carbonyl (C=O) groups excluding carboxylic acids is 2. The van der Waals surface area contributed by atoms with Crippen LogP contribution in [0.5, 0.6) is 0 Å². The second kappa shape index (κ2) is 11.0. The van der Waals surface area contributed by atoms with Crippen LogP contribution >= 0.6 is 0 Å². The molecule has 0 aliphatic heterocycles. The van der Waals surface area contributed by atoms with Crippen molar-refractivity contribution in [1.82, 2.24) is 0 Å². The SMILES string of the molecule is CC(=O)/C=C(\C)O.CC(=O)/C=C(\C)O.[Cu]. The molecule has 0 fully saturated rings. The molecular weight excluding hydrogens is 248 g/mol. The van der Waals surface area contributed by atoms with Crippen LogP contribution in [-0.4, -0.2) is 21.8 Å². The van der Waals surface area contributed by atoms with Gasteiger partial charge in [0.2, 0.25) is 0 Å². The van der Waals surface area contributed by atoms with Crippen LogP contribution in [0.4, 0.5) is 0 Å². The third kappa shape index (κ3) is 32.2. The van der Waals surface area contributed by atoms with E-state index in [0.29, 0.717) is 0 Å².